The van der Waals surface area contributed by atoms with Crippen LogP contribution in [0.15, 0.2) is 30.0 Å². The molecule has 0 aliphatic carbocycles. The number of amides is 4. The molecule has 11 atom stereocenters. The Bertz CT molecular complexity index is 3550. The van der Waals surface area contributed by atoms with Gasteiger partial charge in [-0.15, -0.1) is 0 Å². The summed E-state index contributed by atoms with van der Waals surface area (Å²) in [6.45, 7) is 86.3. The molecular weight excluding hydrogens is 1850 g/mol. The molecule has 0 aromatic carbocycles. The van der Waals surface area contributed by atoms with Crippen LogP contribution in [0.2, 0.25) is 0 Å². The van der Waals surface area contributed by atoms with Crippen molar-refractivity contribution >= 4 is 109 Å². The van der Waals surface area contributed by atoms with E-state index < -0.39 is 91.0 Å². The molecule has 0 fully saturated rings. The van der Waals surface area contributed by atoms with Crippen LogP contribution >= 0.6 is 0 Å². The van der Waals surface area contributed by atoms with E-state index in [4.69, 9.17) is 66.3 Å². The van der Waals surface area contributed by atoms with Gasteiger partial charge in [0.1, 0.15) is 38.1 Å². The van der Waals surface area contributed by atoms with Crippen LogP contribution in [-0.4, -0.2) is 347 Å². The van der Waals surface area contributed by atoms with Crippen LogP contribution in [0.3, 0.4) is 0 Å². The molecule has 0 bridgehead atoms. The normalized spacial score (nSPS) is 14.3. The second kappa shape index (κ2) is 81.5. The monoisotopic (exact) mass is 2040 g/mol. The van der Waals surface area contributed by atoms with E-state index in [2.05, 4.69) is 132 Å². The minimum absolute atomic E-state index is 0.00458. The summed E-state index contributed by atoms with van der Waals surface area (Å²) in [6.07, 6.45) is 5.94. The van der Waals surface area contributed by atoms with Gasteiger partial charge in [-0.05, 0) is 284 Å². The lowest BCUT2D eigenvalue weighted by molar-refractivity contribution is -0.169. The number of aliphatic imine (C=N–C) groups is 6. The molecule has 0 aromatic rings. The topological polar surface area (TPSA) is 493 Å². The van der Waals surface area contributed by atoms with E-state index in [-0.39, 0.29) is 142 Å². The first-order chi connectivity index (χ1) is 64.0. The summed E-state index contributed by atoms with van der Waals surface area (Å²) in [5.74, 6) is -5.28. The third-order valence-electron chi connectivity index (χ3n) is 14.3. The van der Waals surface area contributed by atoms with Gasteiger partial charge in [-0.3, -0.25) is 63.5 Å². The van der Waals surface area contributed by atoms with Crippen LogP contribution in [0, 0.1) is 5.92 Å². The number of carbonyl (C=O) groups excluding carboxylic acids is 12. The van der Waals surface area contributed by atoms with Crippen LogP contribution in [0.5, 0.6) is 0 Å². The molecule has 0 rings (SSSR count). The van der Waals surface area contributed by atoms with Gasteiger partial charge in [0.05, 0.1) is 96.6 Å². The maximum atomic E-state index is 11.7. The molecule has 0 aliphatic rings. The summed E-state index contributed by atoms with van der Waals surface area (Å²) < 4.78 is 88.7. The van der Waals surface area contributed by atoms with Crippen LogP contribution in [0.4, 0.5) is 0 Å². The van der Waals surface area contributed by atoms with Gasteiger partial charge in [0.15, 0.2) is 37.6 Å². The highest BCUT2D eigenvalue weighted by molar-refractivity contribution is 5.85. The third kappa shape index (κ3) is 131. The molecule has 40 heteroatoms. The highest BCUT2D eigenvalue weighted by Crippen LogP contribution is 2.13. The first kappa shape index (κ1) is 153. The Morgan fingerprint density at radius 1 is 0.282 bits per heavy atom. The minimum atomic E-state index is -0.965. The zero-order chi connectivity index (χ0) is 114. The first-order valence-electron chi connectivity index (χ1n) is 47.4. The predicted octanol–water partition coefficient (Wildman–Crippen LogP) is 13.6. The number of ether oxygens (including phenoxy) is 18. The van der Waals surface area contributed by atoms with Gasteiger partial charge in [0.2, 0.25) is 11.8 Å². The van der Waals surface area contributed by atoms with Gasteiger partial charge in [-0.1, -0.05) is 13.8 Å². The molecule has 0 spiro atoms. The van der Waals surface area contributed by atoms with E-state index in [9.17, 15) is 57.5 Å². The number of rotatable bonds is 40. The summed E-state index contributed by atoms with van der Waals surface area (Å²) in [5.41, 5.74) is -1.60. The molecule has 0 saturated heterocycles. The number of hydrogen-bond donors (Lipinski definition) is 4. The summed E-state index contributed by atoms with van der Waals surface area (Å²) in [4.78, 5) is 159. The Hall–Kier alpha value is -8.74. The fraction of sp³-hybridized carbons (Fsp3) is 0.824. The lowest BCUT2D eigenvalue weighted by Crippen LogP contribution is -2.46. The summed E-state index contributed by atoms with van der Waals surface area (Å²) in [6, 6.07) is 0. The zero-order valence-electron chi connectivity index (χ0n) is 97.4. The van der Waals surface area contributed by atoms with Crippen LogP contribution in [-0.2, 0) is 143 Å². The maximum absolute atomic E-state index is 11.7. The van der Waals surface area contributed by atoms with Crippen molar-refractivity contribution in [3.63, 3.8) is 0 Å². The van der Waals surface area contributed by atoms with Gasteiger partial charge < -0.3 is 107 Å². The molecule has 0 aromatic heterocycles. The highest BCUT2D eigenvalue weighted by atomic mass is 16.6. The maximum Gasteiger partial charge on any atom is 0.347 e. The molecule has 0 heterocycles. The Morgan fingerprint density at radius 3 is 0.915 bits per heavy atom. The van der Waals surface area contributed by atoms with E-state index in [1.807, 2.05) is 186 Å². The molecule has 0 aliphatic heterocycles. The summed E-state index contributed by atoms with van der Waals surface area (Å²) >= 11 is 0. The SMILES string of the molecule is CC(=O)OC(C)C(=O)NC(C)(C)C.CC(=O)OCC(=O)NC(C)(C)C.CC(C=NC(C)(C)C)OC(=O)C(C)OC(=O)C(C)C.COC(C)C(=O)NC(C)(C)C.COC(C)C(=O)OCC(=O)OCC=NC(C)(C)C.COC(C)COC(C)C=NC(C)(C)C.COC(C)COC(C)C=NC(C)(C)C.COCC(=O)NC(C)(C)C.COCC(=O)OC(C)C(=O)OC(C)C=NC(C)(C)C.COCCOCC=NC(C)(C)C. The van der Waals surface area contributed by atoms with E-state index in [0.717, 1.165) is 0 Å². The van der Waals surface area contributed by atoms with Gasteiger partial charge in [0, 0.05) is 123 Å². The molecule has 40 nitrogen and oxygen atoms in total. The number of nitrogens with zero attached hydrogens (tertiary/aromatic N) is 6. The Morgan fingerprint density at radius 2 is 0.613 bits per heavy atom. The molecule has 836 valence electrons. The molecular formula is C102H198N10O30. The quantitative estimate of drug-likeness (QED) is 0.0192. The van der Waals surface area contributed by atoms with E-state index in [1.54, 1.807) is 81.5 Å². The first-order valence-corrected chi connectivity index (χ1v) is 47.4. The molecule has 4 N–H and O–H groups in total. The third-order valence-corrected chi connectivity index (χ3v) is 14.3. The van der Waals surface area contributed by atoms with Gasteiger partial charge in [-0.25, -0.2) is 24.0 Å². The van der Waals surface area contributed by atoms with Gasteiger partial charge in [-0.2, -0.15) is 0 Å². The van der Waals surface area contributed by atoms with Crippen LogP contribution in [0.25, 0.3) is 0 Å². The van der Waals surface area contributed by atoms with Crippen molar-refractivity contribution in [3.05, 3.63) is 0 Å². The molecule has 0 saturated carbocycles. The number of esters is 8. The summed E-state index contributed by atoms with van der Waals surface area (Å²) in [5, 5.41) is 10.9. The van der Waals surface area contributed by atoms with E-state index in [0.29, 0.717) is 33.0 Å². The average Bonchev–Trinajstić information content (AvgIpc) is 0.916. The van der Waals surface area contributed by atoms with Crippen molar-refractivity contribution in [2.75, 3.05) is 116 Å². The fourth-order valence-electron chi connectivity index (χ4n) is 7.46. The molecule has 11 unspecified atom stereocenters. The second-order valence-corrected chi connectivity index (χ2v) is 42.7. The van der Waals surface area contributed by atoms with E-state index in [1.165, 1.54) is 69.3 Å². The Balaban J connectivity index is -0.000000172. The van der Waals surface area contributed by atoms with Crippen molar-refractivity contribution in [1.29, 1.82) is 0 Å². The smallest absolute Gasteiger partial charge is 0.347 e. The molecule has 4 amide bonds. The average molecular weight is 2040 g/mol. The highest BCUT2D eigenvalue weighted by Gasteiger charge is 2.27. The van der Waals surface area contributed by atoms with Crippen molar-refractivity contribution in [2.45, 2.75) is 434 Å². The number of hydrogen-bond acceptors (Lipinski definition) is 36. The minimum Gasteiger partial charge on any atom is -0.457 e. The largest absolute Gasteiger partial charge is 0.457 e. The second-order valence-electron chi connectivity index (χ2n) is 42.7. The Labute approximate surface area is 854 Å². The number of nitrogens with one attached hydrogen (secondary N) is 4. The lowest BCUT2D eigenvalue weighted by Gasteiger charge is -2.22. The van der Waals surface area contributed by atoms with Gasteiger partial charge >= 0.3 is 47.8 Å². The van der Waals surface area contributed by atoms with Crippen molar-refractivity contribution in [3.8, 4) is 0 Å². The number of methoxy groups -OCH3 is 7. The summed E-state index contributed by atoms with van der Waals surface area (Å²) in [7, 11) is 10.8. The number of carbonyl (C=O) groups is 12. The molecule has 0 radical (unpaired) electrons. The zero-order valence-corrected chi connectivity index (χ0v) is 97.4. The van der Waals surface area contributed by atoms with Crippen LogP contribution < -0.4 is 21.3 Å². The van der Waals surface area contributed by atoms with E-state index >= 15 is 0 Å². The Kier molecular flexibility index (Phi) is 88.0. The standard InChI is InChI=1S/C14H25NO4.C13H23NO5.C12H21NO5.2C11H23NO2.C9H17NO3.C9H19NO2.C8H15NO3.C8H17NO2.C7H15NO2/c1-9(2)12(16)19-11(4)13(17)18-10(3)8-15-14(5,6)7;1-9(7-14-13(3,4)5)18-12(16)10(2)19-11(15)8-17-6;1-9(16-5)11(15)18-8-10(14)17-7-6-13-12(2,3)4;2*1-9(7-12-11(3,4)5)14-8-10(2)13-6;1-6(13-7(2)11)8(12)10-9(3,4)5;1-9(2,3)10-5-6-12-8-7-11-4;1-6(10)12-5-7(11)9-8(2,3)4;1-6(11-5)7(10)9-8(2,3)4;1-7(2,3)8-6(9)5-10-4/h8-11H,1-7H3;7,9-10H,8H2,1-6H3;6,9H,7-8H2,1-5H3;2*7,9-10H,8H2,1-6H3;6H,1-5H3,(H,10,12);5H,6-8H2,1-4H3;5H2,1-4H3,(H,9,11);6H,1-5H3,(H,9,10);5H2,1-4H3,(H,8,9). The fourth-order valence-corrected chi connectivity index (χ4v) is 7.46. The van der Waals surface area contributed by atoms with Crippen molar-refractivity contribution in [1.82, 2.24) is 21.3 Å². The predicted molar refractivity (Wildman–Crippen MR) is 561 cm³/mol. The molecule has 142 heavy (non-hydrogen) atoms. The van der Waals surface area contributed by atoms with Crippen molar-refractivity contribution in [2.24, 2.45) is 35.9 Å². The van der Waals surface area contributed by atoms with Gasteiger partial charge in [0.25, 0.3) is 11.8 Å². The van der Waals surface area contributed by atoms with Crippen LogP contribution in [0.1, 0.15) is 312 Å². The van der Waals surface area contributed by atoms with Crippen molar-refractivity contribution < 1.29 is 143 Å². The lowest BCUT2D eigenvalue weighted by atomic mass is 10.1.